The number of hydrogen-bond donors (Lipinski definition) is 1. The van der Waals surface area contributed by atoms with E-state index in [-0.39, 0.29) is 0 Å². The second-order valence-corrected chi connectivity index (χ2v) is 5.51. The molecule has 0 unspecified atom stereocenters. The van der Waals surface area contributed by atoms with Gasteiger partial charge in [0, 0.05) is 13.1 Å². The number of benzene rings is 2. The molecule has 3 aromatic rings. The van der Waals surface area contributed by atoms with E-state index in [9.17, 15) is 13.6 Å². The molecule has 124 valence electrons. The Morgan fingerprint density at radius 3 is 2.58 bits per heavy atom. The molecule has 0 saturated heterocycles. The van der Waals surface area contributed by atoms with Gasteiger partial charge in [0.25, 0.3) is 5.91 Å². The number of nitrogens with one attached hydrogen (secondary N) is 1. The van der Waals surface area contributed by atoms with Crippen molar-refractivity contribution >= 4 is 16.9 Å². The molecule has 2 aromatic carbocycles. The van der Waals surface area contributed by atoms with Gasteiger partial charge < -0.3 is 9.88 Å². The zero-order valence-electron chi connectivity index (χ0n) is 13.2. The summed E-state index contributed by atoms with van der Waals surface area (Å²) in [5.41, 5.74) is 1.41. The number of aryl methyl sites for hydroxylation is 2. The second-order valence-electron chi connectivity index (χ2n) is 5.51. The van der Waals surface area contributed by atoms with Gasteiger partial charge in [0.05, 0.1) is 11.0 Å². The molecule has 0 bridgehead atoms. The van der Waals surface area contributed by atoms with Gasteiger partial charge in [0.1, 0.15) is 23.0 Å². The summed E-state index contributed by atoms with van der Waals surface area (Å²) in [6.45, 7) is 2.90. The molecule has 0 aliphatic rings. The van der Waals surface area contributed by atoms with Gasteiger partial charge in [-0.15, -0.1) is 0 Å². The summed E-state index contributed by atoms with van der Waals surface area (Å²) in [6, 6.07) is 11.2. The summed E-state index contributed by atoms with van der Waals surface area (Å²) in [5, 5.41) is 2.56. The Labute approximate surface area is 138 Å². The maximum atomic E-state index is 13.5. The number of aromatic nitrogens is 2. The van der Waals surface area contributed by atoms with Crippen LogP contribution in [0.4, 0.5) is 8.78 Å². The zero-order valence-corrected chi connectivity index (χ0v) is 13.2. The fourth-order valence-electron chi connectivity index (χ4n) is 2.72. The first-order valence-electron chi connectivity index (χ1n) is 7.72. The fraction of sp³-hybridized carbons (Fsp3) is 0.222. The number of fused-ring (bicyclic) bond motifs is 1. The monoisotopic (exact) mass is 329 g/mol. The predicted octanol–water partition coefficient (Wildman–Crippen LogP) is 3.44. The summed E-state index contributed by atoms with van der Waals surface area (Å²) in [4.78, 5) is 16.4. The van der Waals surface area contributed by atoms with Gasteiger partial charge in [-0.05, 0) is 37.6 Å². The fourth-order valence-corrected chi connectivity index (χ4v) is 2.72. The van der Waals surface area contributed by atoms with E-state index in [2.05, 4.69) is 14.9 Å². The van der Waals surface area contributed by atoms with Crippen molar-refractivity contribution in [3.05, 3.63) is 65.5 Å². The average molecular weight is 329 g/mol. The molecule has 0 radical (unpaired) electrons. The Balaban J connectivity index is 1.61. The van der Waals surface area contributed by atoms with Gasteiger partial charge >= 0.3 is 0 Å². The van der Waals surface area contributed by atoms with Gasteiger partial charge in [-0.25, -0.2) is 13.8 Å². The topological polar surface area (TPSA) is 46.9 Å². The minimum absolute atomic E-state index is 0.318. The molecule has 0 spiro atoms. The third-order valence-electron chi connectivity index (χ3n) is 3.88. The highest BCUT2D eigenvalue weighted by molar-refractivity contribution is 5.94. The van der Waals surface area contributed by atoms with Crippen molar-refractivity contribution in [2.45, 2.75) is 19.9 Å². The van der Waals surface area contributed by atoms with Gasteiger partial charge in [0.15, 0.2) is 0 Å². The molecule has 1 aromatic heterocycles. The van der Waals surface area contributed by atoms with Crippen LogP contribution in [0.3, 0.4) is 0 Å². The van der Waals surface area contributed by atoms with Crippen LogP contribution >= 0.6 is 0 Å². The summed E-state index contributed by atoms with van der Waals surface area (Å²) >= 11 is 0. The first-order valence-corrected chi connectivity index (χ1v) is 7.72. The molecule has 1 N–H and O–H groups in total. The molecule has 0 fully saturated rings. The summed E-state index contributed by atoms with van der Waals surface area (Å²) in [7, 11) is 0. The molecule has 0 saturated carbocycles. The van der Waals surface area contributed by atoms with Gasteiger partial charge in [0.2, 0.25) is 0 Å². The summed E-state index contributed by atoms with van der Waals surface area (Å²) < 4.78 is 29.2. The van der Waals surface area contributed by atoms with Crippen molar-refractivity contribution in [2.75, 3.05) is 6.54 Å². The molecule has 0 aliphatic carbocycles. The third kappa shape index (κ3) is 3.13. The van der Waals surface area contributed by atoms with E-state index in [4.69, 9.17) is 0 Å². The Hall–Kier alpha value is -2.76. The third-order valence-corrected chi connectivity index (χ3v) is 3.88. The number of imidazole rings is 1. The van der Waals surface area contributed by atoms with Crippen LogP contribution in [0.5, 0.6) is 0 Å². The van der Waals surface area contributed by atoms with Gasteiger partial charge in [-0.1, -0.05) is 18.2 Å². The number of para-hydroxylation sites is 2. The van der Waals surface area contributed by atoms with E-state index < -0.39 is 23.1 Å². The Morgan fingerprint density at radius 2 is 1.83 bits per heavy atom. The van der Waals surface area contributed by atoms with Crippen molar-refractivity contribution in [3.8, 4) is 0 Å². The minimum atomic E-state index is -0.857. The molecule has 0 atom stereocenters. The molecular weight excluding hydrogens is 312 g/mol. The van der Waals surface area contributed by atoms with Crippen molar-refractivity contribution < 1.29 is 13.6 Å². The number of carbonyl (C=O) groups is 1. The molecule has 0 aliphatic heterocycles. The molecule has 1 heterocycles. The average Bonchev–Trinajstić information content (AvgIpc) is 2.87. The van der Waals surface area contributed by atoms with E-state index in [1.165, 1.54) is 6.07 Å². The Kier molecular flexibility index (Phi) is 4.55. The number of amides is 1. The summed E-state index contributed by atoms with van der Waals surface area (Å²) in [6.07, 6.45) is 0.628. The smallest absolute Gasteiger partial charge is 0.257 e. The molecule has 24 heavy (non-hydrogen) atoms. The zero-order chi connectivity index (χ0) is 17.1. The lowest BCUT2D eigenvalue weighted by Crippen LogP contribution is -2.27. The van der Waals surface area contributed by atoms with Crippen LogP contribution in [-0.2, 0) is 6.54 Å². The quantitative estimate of drug-likeness (QED) is 0.729. The molecule has 1 amide bonds. The van der Waals surface area contributed by atoms with Crippen LogP contribution in [0.1, 0.15) is 22.6 Å². The van der Waals surface area contributed by atoms with Crippen molar-refractivity contribution in [1.82, 2.24) is 14.9 Å². The van der Waals surface area contributed by atoms with Crippen LogP contribution in [-0.4, -0.2) is 22.0 Å². The van der Waals surface area contributed by atoms with Crippen LogP contribution in [0.15, 0.2) is 42.5 Å². The normalized spacial score (nSPS) is 11.0. The van der Waals surface area contributed by atoms with Crippen molar-refractivity contribution in [1.29, 1.82) is 0 Å². The maximum absolute atomic E-state index is 13.5. The number of nitrogens with zero attached hydrogens (tertiary/aromatic N) is 2. The number of halogens is 2. The van der Waals surface area contributed by atoms with Gasteiger partial charge in [-0.2, -0.15) is 0 Å². The highest BCUT2D eigenvalue weighted by Crippen LogP contribution is 2.16. The van der Waals surface area contributed by atoms with Gasteiger partial charge in [-0.3, -0.25) is 4.79 Å². The highest BCUT2D eigenvalue weighted by Gasteiger charge is 2.16. The Bertz CT molecular complexity index is 869. The first-order chi connectivity index (χ1) is 11.6. The van der Waals surface area contributed by atoms with Crippen LogP contribution in [0.25, 0.3) is 11.0 Å². The van der Waals surface area contributed by atoms with E-state index in [0.717, 1.165) is 29.0 Å². The standard InChI is InChI=1S/C18H17F2N3O/c1-12-22-15-8-2-3-9-16(15)23(12)11-5-10-21-18(24)17-13(19)6-4-7-14(17)20/h2-4,6-9H,5,10-11H2,1H3,(H,21,24). The highest BCUT2D eigenvalue weighted by atomic mass is 19.1. The van der Waals surface area contributed by atoms with E-state index in [1.54, 1.807) is 0 Å². The largest absolute Gasteiger partial charge is 0.352 e. The molecule has 3 rings (SSSR count). The van der Waals surface area contributed by atoms with Crippen LogP contribution < -0.4 is 5.32 Å². The number of hydrogen-bond acceptors (Lipinski definition) is 2. The lowest BCUT2D eigenvalue weighted by atomic mass is 10.2. The second kappa shape index (κ2) is 6.78. The van der Waals surface area contributed by atoms with Crippen LogP contribution in [0, 0.1) is 18.6 Å². The first kappa shape index (κ1) is 16.1. The maximum Gasteiger partial charge on any atom is 0.257 e. The number of carbonyl (C=O) groups excluding carboxylic acids is 1. The lowest BCUT2D eigenvalue weighted by Gasteiger charge is -2.09. The predicted molar refractivity (Wildman–Crippen MR) is 87.8 cm³/mol. The van der Waals surface area contributed by atoms with E-state index >= 15 is 0 Å². The molecule has 4 nitrogen and oxygen atoms in total. The SMILES string of the molecule is Cc1nc2ccccc2n1CCCNC(=O)c1c(F)cccc1F. The summed E-state index contributed by atoms with van der Waals surface area (Å²) in [5.74, 6) is -1.56. The molecule has 6 heteroatoms. The lowest BCUT2D eigenvalue weighted by molar-refractivity contribution is 0.0944. The van der Waals surface area contributed by atoms with E-state index in [0.29, 0.717) is 19.5 Å². The van der Waals surface area contributed by atoms with E-state index in [1.807, 2.05) is 31.2 Å². The Morgan fingerprint density at radius 1 is 1.12 bits per heavy atom. The van der Waals surface area contributed by atoms with Crippen LogP contribution in [0.2, 0.25) is 0 Å². The molecular formula is C18H17F2N3O. The van der Waals surface area contributed by atoms with Crippen molar-refractivity contribution in [3.63, 3.8) is 0 Å². The number of rotatable bonds is 5. The van der Waals surface area contributed by atoms with Crippen molar-refractivity contribution in [2.24, 2.45) is 0 Å². The minimum Gasteiger partial charge on any atom is -0.352 e.